The van der Waals surface area contributed by atoms with Gasteiger partial charge in [-0.05, 0) is 24.8 Å². The molecule has 96 valence electrons. The molecule has 0 atom stereocenters. The van der Waals surface area contributed by atoms with Gasteiger partial charge in [-0.3, -0.25) is 9.59 Å². The van der Waals surface area contributed by atoms with Gasteiger partial charge >= 0.3 is 0 Å². The molecule has 3 nitrogen and oxygen atoms in total. The Morgan fingerprint density at radius 3 is 2.72 bits per heavy atom. The number of amides is 1. The molecule has 3 heteroatoms. The molecule has 0 aromatic heterocycles. The first-order valence-corrected chi connectivity index (χ1v) is 6.59. The SMILES string of the molecule is O=C1CCCN(C(=O)CCCc2ccccc2)C1. The van der Waals surface area contributed by atoms with Crippen molar-refractivity contribution in [2.45, 2.75) is 32.1 Å². The first-order chi connectivity index (χ1) is 8.75. The highest BCUT2D eigenvalue weighted by Gasteiger charge is 2.20. The number of carbonyl (C=O) groups is 2. The molecule has 1 saturated heterocycles. The number of nitrogens with zero attached hydrogens (tertiary/aromatic N) is 1. The molecule has 0 bridgehead atoms. The van der Waals surface area contributed by atoms with Crippen LogP contribution in [0.2, 0.25) is 0 Å². The Kier molecular flexibility index (Phi) is 4.51. The molecule has 1 amide bonds. The predicted molar refractivity (Wildman–Crippen MR) is 70.2 cm³/mol. The zero-order valence-electron chi connectivity index (χ0n) is 10.6. The summed E-state index contributed by atoms with van der Waals surface area (Å²) < 4.78 is 0. The van der Waals surface area contributed by atoms with Gasteiger partial charge in [-0.1, -0.05) is 30.3 Å². The molecule has 1 aliphatic heterocycles. The molecule has 1 aromatic carbocycles. The molecular formula is C15H19NO2. The van der Waals surface area contributed by atoms with Gasteiger partial charge in [-0.15, -0.1) is 0 Å². The van der Waals surface area contributed by atoms with E-state index in [-0.39, 0.29) is 11.7 Å². The van der Waals surface area contributed by atoms with E-state index in [1.807, 2.05) is 18.2 Å². The summed E-state index contributed by atoms with van der Waals surface area (Å²) in [6.07, 6.45) is 3.78. The van der Waals surface area contributed by atoms with E-state index >= 15 is 0 Å². The molecule has 0 saturated carbocycles. The Bertz CT molecular complexity index is 414. The third-order valence-electron chi connectivity index (χ3n) is 3.30. The lowest BCUT2D eigenvalue weighted by molar-refractivity contribution is -0.137. The van der Waals surface area contributed by atoms with Crippen LogP contribution < -0.4 is 0 Å². The van der Waals surface area contributed by atoms with Crippen molar-refractivity contribution in [3.63, 3.8) is 0 Å². The average Bonchev–Trinajstić information content (AvgIpc) is 2.40. The Morgan fingerprint density at radius 2 is 2.00 bits per heavy atom. The van der Waals surface area contributed by atoms with Crippen molar-refractivity contribution in [1.82, 2.24) is 4.90 Å². The van der Waals surface area contributed by atoms with Gasteiger partial charge in [0, 0.05) is 19.4 Å². The van der Waals surface area contributed by atoms with Crippen molar-refractivity contribution in [2.75, 3.05) is 13.1 Å². The Balaban J connectivity index is 1.73. The summed E-state index contributed by atoms with van der Waals surface area (Å²) in [5.41, 5.74) is 1.26. The lowest BCUT2D eigenvalue weighted by Gasteiger charge is -2.25. The number of benzene rings is 1. The van der Waals surface area contributed by atoms with E-state index in [2.05, 4.69) is 12.1 Å². The number of Topliss-reactive ketones (excluding diaryl/α,β-unsaturated/α-hetero) is 1. The lowest BCUT2D eigenvalue weighted by Crippen LogP contribution is -2.40. The van der Waals surface area contributed by atoms with Gasteiger partial charge in [0.05, 0.1) is 6.54 Å². The summed E-state index contributed by atoms with van der Waals surface area (Å²) in [6, 6.07) is 10.2. The average molecular weight is 245 g/mol. The minimum Gasteiger partial charge on any atom is -0.335 e. The second kappa shape index (κ2) is 6.34. The number of likely N-dealkylation sites (tertiary alicyclic amines) is 1. The predicted octanol–water partition coefficient (Wildman–Crippen LogP) is 2.20. The van der Waals surface area contributed by atoms with Crippen molar-refractivity contribution < 1.29 is 9.59 Å². The van der Waals surface area contributed by atoms with E-state index in [0.29, 0.717) is 19.4 Å². The van der Waals surface area contributed by atoms with Crippen molar-refractivity contribution in [3.05, 3.63) is 35.9 Å². The summed E-state index contributed by atoms with van der Waals surface area (Å²) in [4.78, 5) is 24.9. The summed E-state index contributed by atoms with van der Waals surface area (Å²) in [6.45, 7) is 1.07. The highest BCUT2D eigenvalue weighted by Crippen LogP contribution is 2.10. The highest BCUT2D eigenvalue weighted by atomic mass is 16.2. The molecule has 1 heterocycles. The second-order valence-corrected chi connectivity index (χ2v) is 4.80. The van der Waals surface area contributed by atoms with Gasteiger partial charge in [0.2, 0.25) is 5.91 Å². The maximum absolute atomic E-state index is 11.9. The van der Waals surface area contributed by atoms with Gasteiger partial charge in [0.25, 0.3) is 0 Å². The topological polar surface area (TPSA) is 37.4 Å². The van der Waals surface area contributed by atoms with Crippen LogP contribution in [0.1, 0.15) is 31.2 Å². The van der Waals surface area contributed by atoms with Crippen LogP contribution in [0, 0.1) is 0 Å². The maximum atomic E-state index is 11.9. The van der Waals surface area contributed by atoms with Crippen molar-refractivity contribution >= 4 is 11.7 Å². The first kappa shape index (κ1) is 12.8. The van der Waals surface area contributed by atoms with E-state index in [1.54, 1.807) is 4.90 Å². The summed E-state index contributed by atoms with van der Waals surface area (Å²) in [5, 5.41) is 0. The van der Waals surface area contributed by atoms with Gasteiger partial charge in [0.15, 0.2) is 5.78 Å². The Morgan fingerprint density at radius 1 is 1.22 bits per heavy atom. The van der Waals surface area contributed by atoms with Gasteiger partial charge in [0.1, 0.15) is 0 Å². The van der Waals surface area contributed by atoms with Crippen molar-refractivity contribution in [1.29, 1.82) is 0 Å². The number of rotatable bonds is 4. The molecule has 18 heavy (non-hydrogen) atoms. The maximum Gasteiger partial charge on any atom is 0.222 e. The third-order valence-corrected chi connectivity index (χ3v) is 3.30. The monoisotopic (exact) mass is 245 g/mol. The van der Waals surface area contributed by atoms with Crippen LogP contribution in [-0.4, -0.2) is 29.7 Å². The fraction of sp³-hybridized carbons (Fsp3) is 0.467. The number of hydrogen-bond acceptors (Lipinski definition) is 2. The van der Waals surface area contributed by atoms with Crippen LogP contribution >= 0.6 is 0 Å². The third kappa shape index (κ3) is 3.69. The van der Waals surface area contributed by atoms with E-state index < -0.39 is 0 Å². The Hall–Kier alpha value is -1.64. The normalized spacial score (nSPS) is 15.8. The molecule has 1 aliphatic rings. The molecule has 0 aliphatic carbocycles. The molecule has 0 spiro atoms. The standard InChI is InChI=1S/C15H19NO2/c17-14-9-5-11-16(12-14)15(18)10-4-8-13-6-2-1-3-7-13/h1-3,6-7H,4-5,8-12H2. The van der Waals surface area contributed by atoms with Crippen LogP contribution in [0.5, 0.6) is 0 Å². The minimum atomic E-state index is 0.124. The van der Waals surface area contributed by atoms with Crippen LogP contribution in [0.4, 0.5) is 0 Å². The molecule has 1 aromatic rings. The largest absolute Gasteiger partial charge is 0.335 e. The van der Waals surface area contributed by atoms with Gasteiger partial charge in [-0.25, -0.2) is 0 Å². The second-order valence-electron chi connectivity index (χ2n) is 4.80. The Labute approximate surface area is 108 Å². The fourth-order valence-corrected chi connectivity index (χ4v) is 2.30. The van der Waals surface area contributed by atoms with Gasteiger partial charge in [-0.2, -0.15) is 0 Å². The van der Waals surface area contributed by atoms with E-state index in [0.717, 1.165) is 25.8 Å². The number of ketones is 1. The zero-order chi connectivity index (χ0) is 12.8. The number of piperidine rings is 1. The highest BCUT2D eigenvalue weighted by molar-refractivity contribution is 5.87. The van der Waals surface area contributed by atoms with Crippen LogP contribution in [0.25, 0.3) is 0 Å². The molecule has 0 radical (unpaired) electrons. The van der Waals surface area contributed by atoms with Crippen molar-refractivity contribution in [2.24, 2.45) is 0 Å². The van der Waals surface area contributed by atoms with Crippen molar-refractivity contribution in [3.8, 4) is 0 Å². The summed E-state index contributed by atoms with van der Waals surface area (Å²) in [5.74, 6) is 0.316. The quantitative estimate of drug-likeness (QED) is 0.815. The molecule has 2 rings (SSSR count). The van der Waals surface area contributed by atoms with E-state index in [9.17, 15) is 9.59 Å². The van der Waals surface area contributed by atoms with Crippen LogP contribution in [-0.2, 0) is 16.0 Å². The summed E-state index contributed by atoms with van der Waals surface area (Å²) in [7, 11) is 0. The smallest absolute Gasteiger partial charge is 0.222 e. The van der Waals surface area contributed by atoms with E-state index in [1.165, 1.54) is 5.56 Å². The minimum absolute atomic E-state index is 0.124. The molecule has 1 fully saturated rings. The van der Waals surface area contributed by atoms with Crippen LogP contribution in [0.3, 0.4) is 0 Å². The van der Waals surface area contributed by atoms with E-state index in [4.69, 9.17) is 0 Å². The molecule has 0 N–H and O–H groups in total. The number of hydrogen-bond donors (Lipinski definition) is 0. The first-order valence-electron chi connectivity index (χ1n) is 6.59. The zero-order valence-corrected chi connectivity index (χ0v) is 10.6. The van der Waals surface area contributed by atoms with Gasteiger partial charge < -0.3 is 4.90 Å². The fourth-order valence-electron chi connectivity index (χ4n) is 2.30. The lowest BCUT2D eigenvalue weighted by atomic mass is 10.1. The number of carbonyl (C=O) groups excluding carboxylic acids is 2. The molecular weight excluding hydrogens is 226 g/mol. The molecule has 0 unspecified atom stereocenters. The number of aryl methyl sites for hydroxylation is 1. The summed E-state index contributed by atoms with van der Waals surface area (Å²) >= 11 is 0. The van der Waals surface area contributed by atoms with Crippen LogP contribution in [0.15, 0.2) is 30.3 Å².